The molecule has 1 saturated heterocycles. The first-order valence-electron chi connectivity index (χ1n) is 15.0. The number of nitrogens with zero attached hydrogens (tertiary/aromatic N) is 2. The maximum absolute atomic E-state index is 15.4. The first kappa shape index (κ1) is 38.2. The van der Waals surface area contributed by atoms with Crippen LogP contribution in [0.1, 0.15) is 37.4 Å². The lowest BCUT2D eigenvalue weighted by molar-refractivity contribution is -0.149. The number of aliphatic hydroxyl groups is 1. The van der Waals surface area contributed by atoms with Crippen molar-refractivity contribution in [1.29, 1.82) is 0 Å². The molecule has 1 aliphatic rings. The monoisotopic (exact) mass is 726 g/mol. The number of rotatable bonds is 15. The summed E-state index contributed by atoms with van der Waals surface area (Å²) in [5.74, 6) is -5.25. The average molecular weight is 727 g/mol. The third kappa shape index (κ3) is 8.75. The zero-order valence-electron chi connectivity index (χ0n) is 27.8. The quantitative estimate of drug-likeness (QED) is 0.152. The Balaban J connectivity index is 1.50. The van der Waals surface area contributed by atoms with E-state index in [2.05, 4.69) is 15.4 Å². The normalized spacial score (nSPS) is 20.0. The van der Waals surface area contributed by atoms with Crippen LogP contribution in [0.15, 0.2) is 59.5 Å². The second-order valence-electron chi connectivity index (χ2n) is 11.1. The summed E-state index contributed by atoms with van der Waals surface area (Å²) in [6.45, 7) is 3.62. The molecule has 50 heavy (non-hydrogen) atoms. The highest BCUT2D eigenvalue weighted by molar-refractivity contribution is 7.52. The lowest BCUT2D eigenvalue weighted by Gasteiger charge is -2.25. The van der Waals surface area contributed by atoms with E-state index in [4.69, 9.17) is 32.7 Å². The summed E-state index contributed by atoms with van der Waals surface area (Å²) < 4.78 is 81.9. The van der Waals surface area contributed by atoms with Crippen LogP contribution < -0.4 is 34.8 Å². The van der Waals surface area contributed by atoms with E-state index in [9.17, 15) is 24.1 Å². The summed E-state index contributed by atoms with van der Waals surface area (Å²) in [4.78, 5) is 41.9. The van der Waals surface area contributed by atoms with E-state index in [1.54, 1.807) is 32.0 Å². The second-order valence-corrected chi connectivity index (χ2v) is 12.7. The van der Waals surface area contributed by atoms with E-state index < -0.39 is 68.4 Å². The van der Waals surface area contributed by atoms with Gasteiger partial charge in [-0.25, -0.2) is 9.36 Å². The van der Waals surface area contributed by atoms with Crippen molar-refractivity contribution in [3.63, 3.8) is 0 Å². The number of aliphatic hydroxyl groups excluding tert-OH is 1. The smallest absolute Gasteiger partial charge is 0.459 e. The molecule has 2 aromatic carbocycles. The maximum atomic E-state index is 15.4. The number of para-hydroxylation sites is 1. The molecule has 3 N–H and O–H groups in total. The molecule has 1 amide bonds. The molecular formula is C31H37F2N4O12P. The number of benzene rings is 2. The van der Waals surface area contributed by atoms with Gasteiger partial charge in [0.25, 0.3) is 5.91 Å². The van der Waals surface area contributed by atoms with Gasteiger partial charge >= 0.3 is 25.3 Å². The molecule has 3 aromatic rings. The van der Waals surface area contributed by atoms with Gasteiger partial charge in [0.15, 0.2) is 17.6 Å². The number of hydrogen-bond donors (Lipinski definition) is 3. The molecule has 0 aliphatic carbocycles. The summed E-state index contributed by atoms with van der Waals surface area (Å²) in [6, 6.07) is 10.2. The van der Waals surface area contributed by atoms with Crippen LogP contribution in [-0.4, -0.2) is 84.7 Å². The standard InChI is InChI=1S/C31H37F2N4O12P/c1-17(2)47-28(40)18(3)36-50(42,49-20-10-8-7-9-11-20)46-16-23-26(38)31(32,33)29(48-23)37-13-12-24(35-30(37)41)34-27(39)19-14-21(43-4)25(45-6)22(15-19)44-5/h7-15,17-18,23,26,29,38H,16H2,1-6H3,(H,36,42)(H,34,35,39,41)/t18-,23+,26?,29+,50-/m0/s1. The number of alkyl halides is 2. The fourth-order valence-corrected chi connectivity index (χ4v) is 6.18. The minimum Gasteiger partial charge on any atom is -0.493 e. The van der Waals surface area contributed by atoms with Gasteiger partial charge in [0, 0.05) is 11.8 Å². The lowest BCUT2D eigenvalue weighted by atomic mass is 10.1. The predicted molar refractivity (Wildman–Crippen MR) is 172 cm³/mol. The fraction of sp³-hybridized carbons (Fsp3) is 0.419. The number of hydrogen-bond acceptors (Lipinski definition) is 13. The van der Waals surface area contributed by atoms with Crippen molar-refractivity contribution in [2.24, 2.45) is 0 Å². The maximum Gasteiger partial charge on any atom is 0.459 e. The highest BCUT2D eigenvalue weighted by Gasteiger charge is 2.60. The Morgan fingerprint density at radius 1 is 1.06 bits per heavy atom. The number of methoxy groups -OCH3 is 3. The second kappa shape index (κ2) is 15.9. The molecule has 19 heteroatoms. The van der Waals surface area contributed by atoms with E-state index in [0.29, 0.717) is 4.57 Å². The van der Waals surface area contributed by atoms with Gasteiger partial charge in [0.1, 0.15) is 23.7 Å². The SMILES string of the molecule is COc1cc(C(=O)Nc2ccn([C@@H]3O[C@H](CO[P@@](=O)(N[C@@H](C)C(=O)OC(C)C)Oc4ccccc4)C(O)C3(F)F)c(=O)n2)cc(OC)c1OC. The molecule has 2 heterocycles. The highest BCUT2D eigenvalue weighted by Crippen LogP contribution is 2.48. The van der Waals surface area contributed by atoms with E-state index in [-0.39, 0.29) is 34.4 Å². The first-order valence-corrected chi connectivity index (χ1v) is 16.6. The third-order valence-corrected chi connectivity index (χ3v) is 8.71. The van der Waals surface area contributed by atoms with Crippen LogP contribution in [0.3, 0.4) is 0 Å². The predicted octanol–water partition coefficient (Wildman–Crippen LogP) is 3.55. The average Bonchev–Trinajstić information content (AvgIpc) is 3.30. The van der Waals surface area contributed by atoms with Gasteiger partial charge in [-0.2, -0.15) is 18.9 Å². The van der Waals surface area contributed by atoms with Gasteiger partial charge in [-0.05, 0) is 51.1 Å². The zero-order chi connectivity index (χ0) is 36.8. The van der Waals surface area contributed by atoms with E-state index in [1.807, 2.05) is 0 Å². The van der Waals surface area contributed by atoms with E-state index >= 15 is 8.78 Å². The van der Waals surface area contributed by atoms with Crippen LogP contribution in [0.4, 0.5) is 14.6 Å². The molecule has 5 atom stereocenters. The molecule has 1 unspecified atom stereocenters. The molecular weight excluding hydrogens is 689 g/mol. The van der Waals surface area contributed by atoms with Gasteiger partial charge < -0.3 is 38.6 Å². The van der Waals surface area contributed by atoms with Gasteiger partial charge in [-0.1, -0.05) is 18.2 Å². The summed E-state index contributed by atoms with van der Waals surface area (Å²) in [5.41, 5.74) is -1.22. The molecule has 0 saturated carbocycles. The number of nitrogens with one attached hydrogen (secondary N) is 2. The Kier molecular flexibility index (Phi) is 12.2. The summed E-state index contributed by atoms with van der Waals surface area (Å²) in [5, 5.41) is 15.3. The molecule has 4 rings (SSSR count). The van der Waals surface area contributed by atoms with Crippen molar-refractivity contribution < 1.29 is 60.8 Å². The van der Waals surface area contributed by atoms with Crippen molar-refractivity contribution in [3.8, 4) is 23.0 Å². The van der Waals surface area contributed by atoms with Crippen LogP contribution in [0, 0.1) is 0 Å². The Bertz CT molecular complexity index is 1750. The Labute approximate surface area is 285 Å². The molecule has 1 fully saturated rings. The Morgan fingerprint density at radius 3 is 2.26 bits per heavy atom. The summed E-state index contributed by atoms with van der Waals surface area (Å²) in [6.07, 6.45) is -6.37. The number of carbonyl (C=O) groups excluding carboxylic acids is 2. The number of carbonyl (C=O) groups is 2. The van der Waals surface area contributed by atoms with Crippen LogP contribution in [0.25, 0.3) is 0 Å². The van der Waals surface area contributed by atoms with Crippen LogP contribution in [0.5, 0.6) is 23.0 Å². The minimum absolute atomic E-state index is 0.0383. The number of aromatic nitrogens is 2. The van der Waals surface area contributed by atoms with Gasteiger partial charge in [-0.15, -0.1) is 0 Å². The lowest BCUT2D eigenvalue weighted by Crippen LogP contribution is -2.42. The summed E-state index contributed by atoms with van der Waals surface area (Å²) in [7, 11) is -0.409. The Hall–Kier alpha value is -4.61. The summed E-state index contributed by atoms with van der Waals surface area (Å²) >= 11 is 0. The van der Waals surface area contributed by atoms with Crippen molar-refractivity contribution in [2.45, 2.75) is 57.3 Å². The minimum atomic E-state index is -4.51. The number of anilines is 1. The van der Waals surface area contributed by atoms with Crippen LogP contribution in [0.2, 0.25) is 0 Å². The van der Waals surface area contributed by atoms with E-state index in [1.165, 1.54) is 52.5 Å². The van der Waals surface area contributed by atoms with Gasteiger partial charge in [0.05, 0.1) is 34.0 Å². The first-order chi connectivity index (χ1) is 23.6. The van der Waals surface area contributed by atoms with Crippen molar-refractivity contribution in [2.75, 3.05) is 33.3 Å². The highest BCUT2D eigenvalue weighted by atomic mass is 31.2. The largest absolute Gasteiger partial charge is 0.493 e. The van der Waals surface area contributed by atoms with Gasteiger partial charge in [-0.3, -0.25) is 18.7 Å². The fourth-order valence-electron chi connectivity index (χ4n) is 4.67. The topological polar surface area (TPSA) is 195 Å². The Morgan fingerprint density at radius 2 is 1.70 bits per heavy atom. The molecule has 1 aromatic heterocycles. The molecule has 0 radical (unpaired) electrons. The van der Waals surface area contributed by atoms with Crippen molar-refractivity contribution in [1.82, 2.24) is 14.6 Å². The van der Waals surface area contributed by atoms with E-state index in [0.717, 1.165) is 12.3 Å². The van der Waals surface area contributed by atoms with Crippen molar-refractivity contribution >= 4 is 25.4 Å². The zero-order valence-corrected chi connectivity index (χ0v) is 28.7. The molecule has 0 bridgehead atoms. The number of ether oxygens (including phenoxy) is 5. The molecule has 16 nitrogen and oxygen atoms in total. The van der Waals surface area contributed by atoms with Crippen molar-refractivity contribution in [3.05, 3.63) is 70.8 Å². The molecule has 1 aliphatic heterocycles. The third-order valence-electron chi connectivity index (χ3n) is 7.07. The number of esters is 1. The van der Waals surface area contributed by atoms with Crippen LogP contribution in [-0.2, 0) is 23.4 Å². The van der Waals surface area contributed by atoms with Crippen LogP contribution >= 0.6 is 7.75 Å². The number of amides is 1. The molecule has 272 valence electrons. The number of halogens is 2. The molecule has 0 spiro atoms. The van der Waals surface area contributed by atoms with Gasteiger partial charge in [0.2, 0.25) is 12.0 Å².